The predicted molar refractivity (Wildman–Crippen MR) is 111 cm³/mol. The first-order chi connectivity index (χ1) is 16.5. The van der Waals surface area contributed by atoms with Crippen molar-refractivity contribution >= 4 is 29.0 Å². The lowest BCUT2D eigenvalue weighted by molar-refractivity contribution is -0.206. The van der Waals surface area contributed by atoms with E-state index in [1.54, 1.807) is 0 Å². The fourth-order valence-electron chi connectivity index (χ4n) is 3.86. The zero-order valence-electron chi connectivity index (χ0n) is 18.2. The lowest BCUT2D eigenvalue weighted by atomic mass is 9.92. The smallest absolute Gasteiger partial charge is 0.454 e. The van der Waals surface area contributed by atoms with Crippen molar-refractivity contribution in [2.24, 2.45) is 7.05 Å². The van der Waals surface area contributed by atoms with E-state index < -0.39 is 42.3 Å². The van der Waals surface area contributed by atoms with Crippen LogP contribution in [-0.4, -0.2) is 54.6 Å². The van der Waals surface area contributed by atoms with E-state index in [0.717, 1.165) is 4.68 Å². The number of amides is 1. The third-order valence-electron chi connectivity index (χ3n) is 5.45. The molecule has 2 atom stereocenters. The number of nitrogens with one attached hydrogen (secondary N) is 2. The van der Waals surface area contributed by atoms with Gasteiger partial charge in [-0.15, -0.1) is 5.10 Å². The summed E-state index contributed by atoms with van der Waals surface area (Å²) >= 11 is 0. The van der Waals surface area contributed by atoms with E-state index in [4.69, 9.17) is 0 Å². The summed E-state index contributed by atoms with van der Waals surface area (Å²) in [6, 6.07) is 2.27. The van der Waals surface area contributed by atoms with E-state index in [1.165, 1.54) is 36.1 Å². The summed E-state index contributed by atoms with van der Waals surface area (Å²) in [5.41, 5.74) is -0.343. The van der Waals surface area contributed by atoms with Crippen LogP contribution in [-0.2, 0) is 16.6 Å². The Labute approximate surface area is 194 Å². The molecule has 1 aliphatic rings. The number of rotatable bonds is 6. The molecular formula is C20H20F5N7O3. The molecule has 0 radical (unpaired) electrons. The van der Waals surface area contributed by atoms with Gasteiger partial charge in [-0.1, -0.05) is 6.42 Å². The number of halogens is 5. The molecule has 188 valence electrons. The highest BCUT2D eigenvalue weighted by Crippen LogP contribution is 2.28. The summed E-state index contributed by atoms with van der Waals surface area (Å²) in [5, 5.41) is 13.1. The Morgan fingerprint density at radius 1 is 1.17 bits per heavy atom. The monoisotopic (exact) mass is 501 g/mol. The third-order valence-corrected chi connectivity index (χ3v) is 5.45. The Morgan fingerprint density at radius 3 is 2.63 bits per heavy atom. The second-order valence-electron chi connectivity index (χ2n) is 7.97. The van der Waals surface area contributed by atoms with E-state index in [2.05, 4.69) is 30.6 Å². The van der Waals surface area contributed by atoms with Crippen molar-refractivity contribution in [3.63, 3.8) is 0 Å². The quantitative estimate of drug-likeness (QED) is 0.393. The molecule has 15 heteroatoms. The van der Waals surface area contributed by atoms with Gasteiger partial charge in [-0.3, -0.25) is 9.48 Å². The zero-order chi connectivity index (χ0) is 25.3. The molecule has 4 rings (SSSR count). The number of hydrogen-bond acceptors (Lipinski definition) is 7. The topological polar surface area (TPSA) is 115 Å². The molecule has 0 aromatic carbocycles. The average molecular weight is 501 g/mol. The molecule has 1 amide bonds. The highest BCUT2D eigenvalue weighted by Gasteiger charge is 2.43. The maximum atomic E-state index is 13.2. The molecule has 3 aromatic heterocycles. The first kappa shape index (κ1) is 24.3. The van der Waals surface area contributed by atoms with E-state index >= 15 is 0 Å². The fourth-order valence-corrected chi connectivity index (χ4v) is 3.86. The maximum Gasteiger partial charge on any atom is 0.490 e. The van der Waals surface area contributed by atoms with Crippen LogP contribution < -0.4 is 10.6 Å². The molecular weight excluding hydrogens is 481 g/mol. The zero-order valence-corrected chi connectivity index (χ0v) is 18.2. The number of anilines is 2. The molecule has 1 aliphatic carbocycles. The molecule has 3 heterocycles. The predicted octanol–water partition coefficient (Wildman–Crippen LogP) is 3.48. The van der Waals surface area contributed by atoms with E-state index in [-0.39, 0.29) is 23.8 Å². The molecule has 35 heavy (non-hydrogen) atoms. The summed E-state index contributed by atoms with van der Waals surface area (Å²) in [7, 11) is 1.43. The first-order valence-corrected chi connectivity index (χ1v) is 10.5. The SMILES string of the molecule is Cn1cc(NC(=O)c2ccc3cnc(N[C@@H]4CCCC[C@@H]4OC(=O)C(F)(F)F)nn23)c(C(F)F)n1. The second-order valence-corrected chi connectivity index (χ2v) is 7.97. The van der Waals surface area contributed by atoms with Crippen molar-refractivity contribution in [3.05, 3.63) is 35.9 Å². The van der Waals surface area contributed by atoms with E-state index in [1.807, 2.05) is 0 Å². The van der Waals surface area contributed by atoms with Gasteiger partial charge < -0.3 is 15.4 Å². The minimum absolute atomic E-state index is 0.00165. The van der Waals surface area contributed by atoms with Gasteiger partial charge in [0.15, 0.2) is 5.69 Å². The largest absolute Gasteiger partial charge is 0.490 e. The highest BCUT2D eigenvalue weighted by molar-refractivity contribution is 6.04. The van der Waals surface area contributed by atoms with Gasteiger partial charge in [0.1, 0.15) is 11.8 Å². The van der Waals surface area contributed by atoms with Crippen molar-refractivity contribution < 1.29 is 36.3 Å². The van der Waals surface area contributed by atoms with Crippen molar-refractivity contribution in [1.82, 2.24) is 24.4 Å². The number of carbonyl (C=O) groups excluding carboxylic acids is 2. The normalized spacial score (nSPS) is 18.6. The van der Waals surface area contributed by atoms with Crippen molar-refractivity contribution in [2.75, 3.05) is 10.6 Å². The van der Waals surface area contributed by atoms with Gasteiger partial charge in [0, 0.05) is 13.2 Å². The number of ether oxygens (including phenoxy) is 1. The Morgan fingerprint density at radius 2 is 1.91 bits per heavy atom. The van der Waals surface area contributed by atoms with Gasteiger partial charge in [0.2, 0.25) is 5.95 Å². The lowest BCUT2D eigenvalue weighted by Crippen LogP contribution is -2.42. The van der Waals surface area contributed by atoms with Crippen molar-refractivity contribution in [1.29, 1.82) is 0 Å². The Hall–Kier alpha value is -3.78. The van der Waals surface area contributed by atoms with Gasteiger partial charge in [0.05, 0.1) is 23.4 Å². The van der Waals surface area contributed by atoms with Gasteiger partial charge in [-0.05, 0) is 31.4 Å². The molecule has 0 spiro atoms. The Bertz CT molecular complexity index is 1240. The van der Waals surface area contributed by atoms with Crippen LogP contribution in [0.2, 0.25) is 0 Å². The number of aromatic nitrogens is 5. The number of aryl methyl sites for hydroxylation is 1. The Balaban J connectivity index is 1.54. The number of fused-ring (bicyclic) bond motifs is 1. The van der Waals surface area contributed by atoms with Crippen molar-refractivity contribution in [3.8, 4) is 0 Å². The van der Waals surface area contributed by atoms with E-state index in [9.17, 15) is 31.5 Å². The molecule has 10 nitrogen and oxygen atoms in total. The minimum atomic E-state index is -5.11. The van der Waals surface area contributed by atoms with Crippen LogP contribution >= 0.6 is 0 Å². The van der Waals surface area contributed by atoms with Crippen molar-refractivity contribution in [2.45, 2.75) is 50.4 Å². The lowest BCUT2D eigenvalue weighted by Gasteiger charge is -2.31. The van der Waals surface area contributed by atoms with Gasteiger partial charge in [-0.25, -0.2) is 23.1 Å². The standard InChI is InChI=1S/C20H20F5N7O3/c1-31-9-12(15(29-31)16(21)22)27-17(33)13-7-6-10-8-26-19(30-32(10)13)28-11-4-2-3-5-14(11)35-18(34)20(23,24)25/h6-9,11,14,16H,2-5H2,1H3,(H,27,33)(H,28,30)/t11-,14+/m1/s1. The van der Waals surface area contributed by atoms with Gasteiger partial charge >= 0.3 is 12.1 Å². The van der Waals surface area contributed by atoms with E-state index in [0.29, 0.717) is 24.8 Å². The third kappa shape index (κ3) is 5.33. The summed E-state index contributed by atoms with van der Waals surface area (Å²) < 4.78 is 71.3. The Kier molecular flexibility index (Phi) is 6.58. The molecule has 0 bridgehead atoms. The summed E-state index contributed by atoms with van der Waals surface area (Å²) in [4.78, 5) is 28.2. The van der Waals surface area contributed by atoms with Crippen LogP contribution in [0.15, 0.2) is 24.5 Å². The van der Waals surface area contributed by atoms with Crippen LogP contribution in [0, 0.1) is 0 Å². The molecule has 2 N–H and O–H groups in total. The summed E-state index contributed by atoms with van der Waals surface area (Å²) in [5.74, 6) is -3.02. The van der Waals surface area contributed by atoms with Crippen LogP contribution in [0.25, 0.3) is 5.52 Å². The van der Waals surface area contributed by atoms with Crippen LogP contribution in [0.3, 0.4) is 0 Å². The van der Waals surface area contributed by atoms with Crippen LogP contribution in [0.4, 0.5) is 33.6 Å². The molecule has 3 aromatic rings. The highest BCUT2D eigenvalue weighted by atomic mass is 19.4. The maximum absolute atomic E-state index is 13.2. The fraction of sp³-hybridized carbons (Fsp3) is 0.450. The second kappa shape index (κ2) is 9.46. The molecule has 1 saturated carbocycles. The summed E-state index contributed by atoms with van der Waals surface area (Å²) in [6.07, 6.45) is -4.51. The first-order valence-electron chi connectivity index (χ1n) is 10.5. The summed E-state index contributed by atoms with van der Waals surface area (Å²) in [6.45, 7) is 0. The number of nitrogens with zero attached hydrogens (tertiary/aromatic N) is 5. The van der Waals surface area contributed by atoms with Gasteiger partial charge in [-0.2, -0.15) is 18.3 Å². The number of esters is 1. The van der Waals surface area contributed by atoms with Crippen LogP contribution in [0.5, 0.6) is 0 Å². The minimum Gasteiger partial charge on any atom is -0.454 e. The van der Waals surface area contributed by atoms with Gasteiger partial charge in [0.25, 0.3) is 12.3 Å². The number of alkyl halides is 5. The average Bonchev–Trinajstić information content (AvgIpc) is 3.37. The molecule has 0 saturated heterocycles. The number of carbonyl (C=O) groups is 2. The molecule has 0 unspecified atom stereocenters. The van der Waals surface area contributed by atoms with Crippen LogP contribution in [0.1, 0.15) is 48.3 Å². The molecule has 0 aliphatic heterocycles. The number of hydrogen-bond donors (Lipinski definition) is 2. The molecule has 1 fully saturated rings.